The number of amides is 1. The van der Waals surface area contributed by atoms with Crippen molar-refractivity contribution in [2.24, 2.45) is 0 Å². The molecule has 0 aromatic heterocycles. The van der Waals surface area contributed by atoms with E-state index in [-0.39, 0.29) is 11.7 Å². The van der Waals surface area contributed by atoms with Crippen LogP contribution in [0.3, 0.4) is 0 Å². The minimum absolute atomic E-state index is 0.0859. The van der Waals surface area contributed by atoms with Crippen LogP contribution in [0, 0.1) is 0 Å². The second-order valence-electron chi connectivity index (χ2n) is 6.13. The van der Waals surface area contributed by atoms with E-state index < -0.39 is 0 Å². The molecule has 26 heavy (non-hydrogen) atoms. The lowest BCUT2D eigenvalue weighted by Crippen LogP contribution is -2.21. The Kier molecular flexibility index (Phi) is 6.73. The van der Waals surface area contributed by atoms with Crippen molar-refractivity contribution in [3.05, 3.63) is 70.8 Å². The molecule has 0 heterocycles. The van der Waals surface area contributed by atoms with Crippen LogP contribution in [0.15, 0.2) is 48.5 Å². The van der Waals surface area contributed by atoms with E-state index in [2.05, 4.69) is 6.92 Å². The number of allylic oxidation sites excluding steroid dienone is 1. The smallest absolute Gasteiger partial charge is 0.253 e. The fraction of sp³-hybridized carbons (Fsp3) is 0.273. The van der Waals surface area contributed by atoms with Gasteiger partial charge in [-0.3, -0.25) is 9.59 Å². The molecule has 2 aromatic carbocycles. The minimum atomic E-state index is -0.113. The molecular formula is C22H25NO3. The fourth-order valence-electron chi connectivity index (χ4n) is 2.53. The monoisotopic (exact) mass is 351 g/mol. The third-order valence-electron chi connectivity index (χ3n) is 4.02. The van der Waals surface area contributed by atoms with Crippen LogP contribution in [0.25, 0.3) is 6.08 Å². The average Bonchev–Trinajstić information content (AvgIpc) is 2.66. The van der Waals surface area contributed by atoms with Crippen molar-refractivity contribution in [3.63, 3.8) is 0 Å². The average molecular weight is 351 g/mol. The van der Waals surface area contributed by atoms with E-state index in [1.807, 2.05) is 25.1 Å². The largest absolute Gasteiger partial charge is 0.493 e. The summed E-state index contributed by atoms with van der Waals surface area (Å²) in [5.41, 5.74) is 3.18. The van der Waals surface area contributed by atoms with E-state index in [1.165, 1.54) is 10.5 Å². The molecule has 0 spiro atoms. The molecule has 4 heteroatoms. The second kappa shape index (κ2) is 8.99. The zero-order valence-corrected chi connectivity index (χ0v) is 15.8. The van der Waals surface area contributed by atoms with Gasteiger partial charge in [0.2, 0.25) is 0 Å². The van der Waals surface area contributed by atoms with Crippen LogP contribution in [0.4, 0.5) is 0 Å². The van der Waals surface area contributed by atoms with E-state index >= 15 is 0 Å². The van der Waals surface area contributed by atoms with Gasteiger partial charge in [-0.1, -0.05) is 25.1 Å². The first-order valence-electron chi connectivity index (χ1n) is 8.76. The molecule has 136 valence electrons. The molecule has 0 N–H and O–H groups in total. The van der Waals surface area contributed by atoms with Crippen LogP contribution >= 0.6 is 0 Å². The summed E-state index contributed by atoms with van der Waals surface area (Å²) < 4.78 is 5.63. The molecule has 4 nitrogen and oxygen atoms in total. The molecular weight excluding hydrogens is 326 g/mol. The van der Waals surface area contributed by atoms with Gasteiger partial charge in [0.25, 0.3) is 5.91 Å². The summed E-state index contributed by atoms with van der Waals surface area (Å²) in [5, 5.41) is 0. The Balaban J connectivity index is 2.20. The molecule has 0 aliphatic rings. The quantitative estimate of drug-likeness (QED) is 0.553. The van der Waals surface area contributed by atoms with Gasteiger partial charge >= 0.3 is 0 Å². The number of ketones is 1. The third-order valence-corrected chi connectivity index (χ3v) is 4.02. The van der Waals surface area contributed by atoms with Crippen molar-refractivity contribution < 1.29 is 14.3 Å². The van der Waals surface area contributed by atoms with Crippen LogP contribution in [-0.4, -0.2) is 37.3 Å². The highest BCUT2D eigenvalue weighted by atomic mass is 16.5. The van der Waals surface area contributed by atoms with Crippen molar-refractivity contribution in [2.45, 2.75) is 20.3 Å². The molecule has 0 saturated heterocycles. The predicted octanol–water partition coefficient (Wildman–Crippen LogP) is 4.25. The maximum atomic E-state index is 12.4. The van der Waals surface area contributed by atoms with Gasteiger partial charge in [-0.15, -0.1) is 0 Å². The van der Waals surface area contributed by atoms with Gasteiger partial charge in [-0.05, 0) is 55.3 Å². The Bertz CT molecular complexity index is 805. The summed E-state index contributed by atoms with van der Waals surface area (Å²) >= 11 is 0. The molecule has 0 atom stereocenters. The van der Waals surface area contributed by atoms with Crippen molar-refractivity contribution in [1.29, 1.82) is 0 Å². The zero-order chi connectivity index (χ0) is 19.1. The predicted molar refractivity (Wildman–Crippen MR) is 105 cm³/mol. The van der Waals surface area contributed by atoms with Gasteiger partial charge in [-0.25, -0.2) is 0 Å². The number of ether oxygens (including phenoxy) is 1. The van der Waals surface area contributed by atoms with Gasteiger partial charge in [0, 0.05) is 30.8 Å². The Morgan fingerprint density at radius 2 is 1.65 bits per heavy atom. The van der Waals surface area contributed by atoms with Gasteiger partial charge in [0.1, 0.15) is 5.75 Å². The standard InChI is InChI=1S/C22H25NO3/c1-5-16-7-14-21(26-6-2)19(15-16)12-13-20(24)17-8-10-18(11-9-17)22(25)23(3)4/h7-15H,5-6H2,1-4H3/b13-12+. The first-order chi connectivity index (χ1) is 12.5. The lowest BCUT2D eigenvalue weighted by atomic mass is 10.0. The van der Waals surface area contributed by atoms with Gasteiger partial charge in [0.15, 0.2) is 5.78 Å². The number of nitrogens with zero attached hydrogens (tertiary/aromatic N) is 1. The minimum Gasteiger partial charge on any atom is -0.493 e. The van der Waals surface area contributed by atoms with Crippen molar-refractivity contribution in [3.8, 4) is 5.75 Å². The summed E-state index contributed by atoms with van der Waals surface area (Å²) in [4.78, 5) is 25.8. The Hall–Kier alpha value is -2.88. The van der Waals surface area contributed by atoms with Crippen LogP contribution in [0.2, 0.25) is 0 Å². The highest BCUT2D eigenvalue weighted by Gasteiger charge is 2.09. The maximum absolute atomic E-state index is 12.4. The number of aryl methyl sites for hydroxylation is 1. The number of carbonyl (C=O) groups excluding carboxylic acids is 2. The number of hydrogen-bond acceptors (Lipinski definition) is 3. The molecule has 1 amide bonds. The molecule has 0 fully saturated rings. The summed E-state index contributed by atoms with van der Waals surface area (Å²) in [6.07, 6.45) is 4.24. The lowest BCUT2D eigenvalue weighted by molar-refractivity contribution is 0.0827. The summed E-state index contributed by atoms with van der Waals surface area (Å²) in [6, 6.07) is 12.7. The van der Waals surface area contributed by atoms with Crippen LogP contribution in [0.1, 0.15) is 45.7 Å². The molecule has 0 bridgehead atoms. The number of rotatable bonds is 7. The van der Waals surface area contributed by atoms with Crippen molar-refractivity contribution in [2.75, 3.05) is 20.7 Å². The maximum Gasteiger partial charge on any atom is 0.253 e. The molecule has 2 aromatic rings. The van der Waals surface area contributed by atoms with Crippen molar-refractivity contribution in [1.82, 2.24) is 4.90 Å². The molecule has 0 unspecified atom stereocenters. The van der Waals surface area contributed by atoms with Crippen LogP contribution in [0.5, 0.6) is 5.75 Å². The first-order valence-corrected chi connectivity index (χ1v) is 8.76. The van der Waals surface area contributed by atoms with Gasteiger partial charge in [0.05, 0.1) is 6.61 Å². The molecule has 0 saturated carbocycles. The summed E-state index contributed by atoms with van der Waals surface area (Å²) in [5.74, 6) is 0.566. The molecule has 0 aliphatic heterocycles. The fourth-order valence-corrected chi connectivity index (χ4v) is 2.53. The highest BCUT2D eigenvalue weighted by Crippen LogP contribution is 2.22. The highest BCUT2D eigenvalue weighted by molar-refractivity contribution is 6.07. The first kappa shape index (κ1) is 19.4. The van der Waals surface area contributed by atoms with Gasteiger partial charge in [-0.2, -0.15) is 0 Å². The molecule has 0 radical (unpaired) electrons. The third kappa shape index (κ3) is 4.82. The number of carbonyl (C=O) groups is 2. The Labute approximate surface area is 155 Å². The van der Waals surface area contributed by atoms with Crippen LogP contribution < -0.4 is 4.74 Å². The molecule has 0 aliphatic carbocycles. The van der Waals surface area contributed by atoms with Crippen LogP contribution in [-0.2, 0) is 6.42 Å². The number of benzene rings is 2. The zero-order valence-electron chi connectivity index (χ0n) is 15.8. The van der Waals surface area contributed by atoms with Crippen molar-refractivity contribution >= 4 is 17.8 Å². The van der Waals surface area contributed by atoms with E-state index in [4.69, 9.17) is 4.74 Å². The topological polar surface area (TPSA) is 46.6 Å². The Morgan fingerprint density at radius 1 is 1.00 bits per heavy atom. The van der Waals surface area contributed by atoms with E-state index in [0.29, 0.717) is 17.7 Å². The SMILES string of the molecule is CCOc1ccc(CC)cc1/C=C/C(=O)c1ccc(C(=O)N(C)C)cc1. The molecule has 2 rings (SSSR count). The summed E-state index contributed by atoms with van der Waals surface area (Å²) in [6.45, 7) is 4.59. The van der Waals surface area contributed by atoms with Gasteiger partial charge < -0.3 is 9.64 Å². The second-order valence-corrected chi connectivity index (χ2v) is 6.13. The Morgan fingerprint density at radius 3 is 2.23 bits per heavy atom. The summed E-state index contributed by atoms with van der Waals surface area (Å²) in [7, 11) is 3.40. The van der Waals surface area contributed by atoms with E-state index in [0.717, 1.165) is 17.7 Å². The van der Waals surface area contributed by atoms with E-state index in [1.54, 1.807) is 50.5 Å². The normalized spacial score (nSPS) is 10.8. The lowest BCUT2D eigenvalue weighted by Gasteiger charge is -2.10. The number of hydrogen-bond donors (Lipinski definition) is 0. The van der Waals surface area contributed by atoms with E-state index in [9.17, 15) is 9.59 Å².